The molecule has 4 aromatic heterocycles. The zero-order valence-corrected chi connectivity index (χ0v) is 16.7. The van der Waals surface area contributed by atoms with Gasteiger partial charge in [0, 0.05) is 22.5 Å². The van der Waals surface area contributed by atoms with Crippen molar-refractivity contribution in [1.29, 1.82) is 0 Å². The van der Waals surface area contributed by atoms with Gasteiger partial charge in [0.05, 0.1) is 27.8 Å². The molecule has 4 heterocycles. The topological polar surface area (TPSA) is 59.3 Å². The highest BCUT2D eigenvalue weighted by Gasteiger charge is 2.08. The number of rotatable bonds is 5. The van der Waals surface area contributed by atoms with Crippen LogP contribution in [0.5, 0.6) is 0 Å². The third kappa shape index (κ3) is 3.95. The number of aryl methyl sites for hydroxylation is 1. The summed E-state index contributed by atoms with van der Waals surface area (Å²) in [4.78, 5) is 23.1. The molecule has 1 N–H and O–H groups in total. The van der Waals surface area contributed by atoms with Crippen LogP contribution >= 0.6 is 34.3 Å². The minimum atomic E-state index is -0.184. The number of nitrogens with zero attached hydrogens (tertiary/aromatic N) is 3. The van der Waals surface area contributed by atoms with Gasteiger partial charge in [-0.15, -0.1) is 22.7 Å². The zero-order valence-electron chi connectivity index (χ0n) is 14.3. The molecular formula is C19H15ClN4OS2. The molecule has 0 unspecified atom stereocenters. The Kier molecular flexibility index (Phi) is 5.07. The van der Waals surface area contributed by atoms with Crippen molar-refractivity contribution in [2.45, 2.75) is 13.5 Å². The van der Waals surface area contributed by atoms with Crippen LogP contribution < -0.4 is 5.32 Å². The predicted octanol–water partition coefficient (Wildman–Crippen LogP) is 4.81. The van der Waals surface area contributed by atoms with Gasteiger partial charge in [0.1, 0.15) is 5.65 Å². The molecule has 0 aromatic carbocycles. The highest BCUT2D eigenvalue weighted by molar-refractivity contribution is 7.16. The van der Waals surface area contributed by atoms with Crippen LogP contribution in [0, 0.1) is 6.92 Å². The van der Waals surface area contributed by atoms with E-state index in [1.165, 1.54) is 6.08 Å². The largest absolute Gasteiger partial charge is 0.348 e. The Hall–Kier alpha value is -2.48. The number of carbonyl (C=O) groups excluding carboxylic acids is 1. The van der Waals surface area contributed by atoms with Crippen molar-refractivity contribution >= 4 is 51.9 Å². The molecule has 136 valence electrons. The van der Waals surface area contributed by atoms with Crippen LogP contribution in [0.3, 0.4) is 0 Å². The average Bonchev–Trinajstić information content (AvgIpc) is 3.36. The van der Waals surface area contributed by atoms with Crippen LogP contribution in [-0.4, -0.2) is 20.3 Å². The van der Waals surface area contributed by atoms with E-state index in [9.17, 15) is 4.79 Å². The minimum absolute atomic E-state index is 0.184. The van der Waals surface area contributed by atoms with Gasteiger partial charge in [-0.1, -0.05) is 17.7 Å². The first-order valence-corrected chi connectivity index (χ1v) is 10.3. The highest BCUT2D eigenvalue weighted by Crippen LogP contribution is 2.28. The van der Waals surface area contributed by atoms with Crippen LogP contribution in [-0.2, 0) is 11.3 Å². The van der Waals surface area contributed by atoms with Gasteiger partial charge in [0.25, 0.3) is 0 Å². The van der Waals surface area contributed by atoms with E-state index in [2.05, 4.69) is 15.3 Å². The maximum absolute atomic E-state index is 12.2. The smallest absolute Gasteiger partial charge is 0.244 e. The summed E-state index contributed by atoms with van der Waals surface area (Å²) < 4.78 is 1.84. The third-order valence-corrected chi connectivity index (χ3v) is 6.04. The Morgan fingerprint density at radius 1 is 1.30 bits per heavy atom. The molecule has 0 spiro atoms. The van der Waals surface area contributed by atoms with Crippen LogP contribution in [0.15, 0.2) is 48.0 Å². The van der Waals surface area contributed by atoms with Gasteiger partial charge in [-0.3, -0.25) is 9.20 Å². The van der Waals surface area contributed by atoms with E-state index in [1.54, 1.807) is 28.7 Å². The molecule has 0 fully saturated rings. The number of hydrogen-bond donors (Lipinski definition) is 1. The number of aromatic nitrogens is 3. The summed E-state index contributed by atoms with van der Waals surface area (Å²) in [7, 11) is 0. The molecule has 0 radical (unpaired) electrons. The third-order valence-electron chi connectivity index (χ3n) is 3.88. The van der Waals surface area contributed by atoms with Crippen molar-refractivity contribution in [2.24, 2.45) is 0 Å². The molecular weight excluding hydrogens is 400 g/mol. The molecule has 1 amide bonds. The van der Waals surface area contributed by atoms with Gasteiger partial charge < -0.3 is 5.32 Å². The lowest BCUT2D eigenvalue weighted by Gasteiger charge is -1.99. The molecule has 0 atom stereocenters. The number of fused-ring (bicyclic) bond motifs is 1. The first kappa shape index (κ1) is 17.9. The fraction of sp³-hybridized carbons (Fsp3) is 0.105. The number of nitrogens with one attached hydrogen (secondary N) is 1. The summed E-state index contributed by atoms with van der Waals surface area (Å²) in [6, 6.07) is 9.69. The molecule has 5 nitrogen and oxygen atoms in total. The zero-order chi connectivity index (χ0) is 18.8. The van der Waals surface area contributed by atoms with Crippen molar-refractivity contribution < 1.29 is 4.79 Å². The van der Waals surface area contributed by atoms with Crippen molar-refractivity contribution in [3.8, 4) is 10.6 Å². The summed E-state index contributed by atoms with van der Waals surface area (Å²) in [6.07, 6.45) is 5.01. The first-order valence-electron chi connectivity index (χ1n) is 8.20. The van der Waals surface area contributed by atoms with Gasteiger partial charge in [-0.25, -0.2) is 9.97 Å². The molecule has 27 heavy (non-hydrogen) atoms. The molecule has 0 aliphatic rings. The Balaban J connectivity index is 1.40. The molecule has 0 aliphatic carbocycles. The van der Waals surface area contributed by atoms with Gasteiger partial charge in [0.2, 0.25) is 5.91 Å². The Morgan fingerprint density at radius 2 is 2.19 bits per heavy atom. The van der Waals surface area contributed by atoms with Crippen molar-refractivity contribution in [3.05, 3.63) is 68.7 Å². The number of pyridine rings is 1. The summed E-state index contributed by atoms with van der Waals surface area (Å²) in [5.41, 5.74) is 2.41. The number of imidazole rings is 1. The fourth-order valence-electron chi connectivity index (χ4n) is 2.61. The summed E-state index contributed by atoms with van der Waals surface area (Å²) >= 11 is 9.43. The molecule has 4 rings (SSSR count). The maximum Gasteiger partial charge on any atom is 0.244 e. The molecule has 8 heteroatoms. The minimum Gasteiger partial charge on any atom is -0.348 e. The second kappa shape index (κ2) is 7.64. The van der Waals surface area contributed by atoms with Gasteiger partial charge in [-0.2, -0.15) is 0 Å². The van der Waals surface area contributed by atoms with Gasteiger partial charge >= 0.3 is 0 Å². The van der Waals surface area contributed by atoms with Crippen LogP contribution in [0.25, 0.3) is 22.3 Å². The summed E-state index contributed by atoms with van der Waals surface area (Å²) in [6.45, 7) is 2.46. The SMILES string of the molecule is Cc1nc(-c2ccc(CNC(=O)/C=C/c3c(Cl)nc4ccccn34)s2)cs1. The first-order chi connectivity index (χ1) is 13.1. The van der Waals surface area contributed by atoms with E-state index >= 15 is 0 Å². The van der Waals surface area contributed by atoms with Gasteiger partial charge in [-0.05, 0) is 37.3 Å². The lowest BCUT2D eigenvalue weighted by Crippen LogP contribution is -2.19. The van der Waals surface area contributed by atoms with Crippen LogP contribution in [0.1, 0.15) is 15.6 Å². The quantitative estimate of drug-likeness (QED) is 0.476. The molecule has 0 bridgehead atoms. The lowest BCUT2D eigenvalue weighted by atomic mass is 10.3. The predicted molar refractivity (Wildman–Crippen MR) is 111 cm³/mol. The lowest BCUT2D eigenvalue weighted by molar-refractivity contribution is -0.116. The number of thiazole rings is 1. The molecule has 0 aliphatic heterocycles. The Labute approximate surface area is 169 Å². The summed E-state index contributed by atoms with van der Waals surface area (Å²) in [5.74, 6) is -0.184. The average molecular weight is 415 g/mol. The monoisotopic (exact) mass is 414 g/mol. The normalized spacial score (nSPS) is 11.5. The number of amides is 1. The van der Waals surface area contributed by atoms with E-state index in [-0.39, 0.29) is 5.91 Å². The Morgan fingerprint density at radius 3 is 3.00 bits per heavy atom. The Bertz CT molecular complexity index is 1140. The number of carbonyl (C=O) groups is 1. The fourth-order valence-corrected chi connectivity index (χ4v) is 4.45. The van der Waals surface area contributed by atoms with Crippen molar-refractivity contribution in [2.75, 3.05) is 0 Å². The summed E-state index contributed by atoms with van der Waals surface area (Å²) in [5, 5.41) is 6.35. The standard InChI is InChI=1S/C19H15ClN4OS2/c1-12-22-14(11-26-12)16-7-5-13(27-16)10-21-18(25)8-6-15-19(20)23-17-4-2-3-9-24(15)17/h2-9,11H,10H2,1H3,(H,21,25)/b8-6+. The van der Waals surface area contributed by atoms with Crippen LogP contribution in [0.2, 0.25) is 5.15 Å². The van der Waals surface area contributed by atoms with Gasteiger partial charge in [0.15, 0.2) is 5.15 Å². The highest BCUT2D eigenvalue weighted by atomic mass is 35.5. The van der Waals surface area contributed by atoms with Crippen molar-refractivity contribution in [1.82, 2.24) is 19.7 Å². The van der Waals surface area contributed by atoms with Crippen LogP contribution in [0.4, 0.5) is 0 Å². The second-order valence-corrected chi connectivity index (χ2v) is 8.37. The number of hydrogen-bond acceptors (Lipinski definition) is 5. The van der Waals surface area contributed by atoms with E-state index in [4.69, 9.17) is 11.6 Å². The molecule has 0 saturated heterocycles. The number of halogens is 1. The van der Waals surface area contributed by atoms with E-state index in [0.29, 0.717) is 17.4 Å². The van der Waals surface area contributed by atoms with E-state index in [0.717, 1.165) is 26.1 Å². The number of thiophene rings is 1. The molecule has 4 aromatic rings. The maximum atomic E-state index is 12.2. The molecule has 0 saturated carbocycles. The van der Waals surface area contributed by atoms with E-state index < -0.39 is 0 Å². The van der Waals surface area contributed by atoms with Crippen molar-refractivity contribution in [3.63, 3.8) is 0 Å². The second-order valence-electron chi connectivity index (χ2n) is 5.79. The van der Waals surface area contributed by atoms with E-state index in [1.807, 2.05) is 53.2 Å².